The lowest BCUT2D eigenvalue weighted by Gasteiger charge is -2.37. The number of terminal acetylenes is 1. The molecule has 3 heterocycles. The first-order chi connectivity index (χ1) is 14.5. The lowest BCUT2D eigenvalue weighted by Crippen LogP contribution is -2.55. The van der Waals surface area contributed by atoms with Gasteiger partial charge in [-0.1, -0.05) is 16.4 Å². The van der Waals surface area contributed by atoms with Crippen LogP contribution in [-0.2, 0) is 4.84 Å². The molecule has 2 aromatic rings. The normalized spacial score (nSPS) is 22.7. The zero-order valence-electron chi connectivity index (χ0n) is 17.2. The Morgan fingerprint density at radius 3 is 2.97 bits per heavy atom. The largest absolute Gasteiger partial charge is 0.495 e. The number of hydrogen-bond acceptors (Lipinski definition) is 7. The van der Waals surface area contributed by atoms with Gasteiger partial charge in [0.15, 0.2) is 11.9 Å². The van der Waals surface area contributed by atoms with Crippen LogP contribution in [0.4, 0.5) is 0 Å². The molecule has 0 N–H and O–H groups in total. The molecule has 2 aliphatic heterocycles. The number of imidazole rings is 1. The number of hydrogen-bond donors (Lipinski definition) is 0. The molecule has 4 rings (SSSR count). The number of aryl methyl sites for hydroxylation is 1. The van der Waals surface area contributed by atoms with Crippen LogP contribution in [0.5, 0.6) is 5.75 Å². The van der Waals surface area contributed by atoms with Crippen molar-refractivity contribution in [1.82, 2.24) is 14.5 Å². The van der Waals surface area contributed by atoms with Gasteiger partial charge >= 0.3 is 0 Å². The molecule has 0 aliphatic carbocycles. The van der Waals surface area contributed by atoms with E-state index in [2.05, 4.69) is 21.2 Å². The molecule has 8 nitrogen and oxygen atoms in total. The second-order valence-electron chi connectivity index (χ2n) is 7.41. The molecule has 2 atom stereocenters. The van der Waals surface area contributed by atoms with Gasteiger partial charge in [0.2, 0.25) is 0 Å². The van der Waals surface area contributed by atoms with E-state index in [0.29, 0.717) is 12.4 Å². The first-order valence-electron chi connectivity index (χ1n) is 9.76. The van der Waals surface area contributed by atoms with Crippen molar-refractivity contribution in [3.63, 3.8) is 0 Å². The average Bonchev–Trinajstić information content (AvgIpc) is 3.38. The van der Waals surface area contributed by atoms with Crippen molar-refractivity contribution < 1.29 is 9.57 Å². The Hall–Kier alpha value is -3.60. The average molecular weight is 405 g/mol. The van der Waals surface area contributed by atoms with Crippen LogP contribution >= 0.6 is 0 Å². The van der Waals surface area contributed by atoms with Gasteiger partial charge in [-0.2, -0.15) is 4.91 Å². The van der Waals surface area contributed by atoms with Crippen LogP contribution in [0, 0.1) is 24.2 Å². The molecule has 0 bridgehead atoms. The van der Waals surface area contributed by atoms with Crippen molar-refractivity contribution in [2.75, 3.05) is 13.7 Å². The number of aromatic nitrogens is 2. The Labute approximate surface area is 175 Å². The van der Waals surface area contributed by atoms with Crippen LogP contribution in [0.15, 0.2) is 46.6 Å². The summed E-state index contributed by atoms with van der Waals surface area (Å²) >= 11 is 0. The van der Waals surface area contributed by atoms with Crippen LogP contribution in [-0.4, -0.2) is 45.7 Å². The molecule has 8 heteroatoms. The number of benzene rings is 1. The summed E-state index contributed by atoms with van der Waals surface area (Å²) in [6, 6.07) is 5.22. The van der Waals surface area contributed by atoms with Gasteiger partial charge in [0.05, 0.1) is 24.8 Å². The number of oxime groups is 1. The minimum Gasteiger partial charge on any atom is -0.495 e. The summed E-state index contributed by atoms with van der Waals surface area (Å²) in [7, 11) is 1.64. The summed E-state index contributed by atoms with van der Waals surface area (Å²) in [6.07, 6.45) is 13.2. The molecule has 0 amide bonds. The SMILES string of the molecule is C#CC1(C(C)N=O)ON=C2C(=Cc3ccc(-n4cnc(C)c4)c(OC)c3)CCCN21. The third kappa shape index (κ3) is 3.12. The van der Waals surface area contributed by atoms with Gasteiger partial charge in [-0.25, -0.2) is 4.98 Å². The van der Waals surface area contributed by atoms with E-state index in [-0.39, 0.29) is 0 Å². The van der Waals surface area contributed by atoms with E-state index in [1.54, 1.807) is 20.4 Å². The predicted octanol–water partition coefficient (Wildman–Crippen LogP) is 3.50. The molecule has 1 fully saturated rings. The lowest BCUT2D eigenvalue weighted by molar-refractivity contribution is -0.0654. The molecular formula is C22H23N5O3. The van der Waals surface area contributed by atoms with Crippen molar-refractivity contribution in [1.29, 1.82) is 0 Å². The Kier molecular flexibility index (Phi) is 5.04. The van der Waals surface area contributed by atoms with Gasteiger partial charge in [-0.05, 0) is 62.0 Å². The highest BCUT2D eigenvalue weighted by Crippen LogP contribution is 2.37. The molecule has 0 saturated carbocycles. The smallest absolute Gasteiger partial charge is 0.298 e. The molecule has 154 valence electrons. The number of fused-ring (bicyclic) bond motifs is 1. The maximum Gasteiger partial charge on any atom is 0.298 e. The monoisotopic (exact) mass is 405 g/mol. The fourth-order valence-electron chi connectivity index (χ4n) is 3.90. The third-order valence-corrected chi connectivity index (χ3v) is 5.51. The topological polar surface area (TPSA) is 81.3 Å². The van der Waals surface area contributed by atoms with E-state index in [1.807, 2.05) is 46.9 Å². The summed E-state index contributed by atoms with van der Waals surface area (Å²) in [5.74, 6) is 3.98. The Morgan fingerprint density at radius 2 is 2.30 bits per heavy atom. The fourth-order valence-corrected chi connectivity index (χ4v) is 3.90. The molecule has 0 spiro atoms. The van der Waals surface area contributed by atoms with Crippen LogP contribution in [0.2, 0.25) is 0 Å². The molecule has 1 aromatic carbocycles. The number of amidine groups is 1. The van der Waals surface area contributed by atoms with Gasteiger partial charge < -0.3 is 19.0 Å². The zero-order chi connectivity index (χ0) is 21.3. The summed E-state index contributed by atoms with van der Waals surface area (Å²) in [6.45, 7) is 4.24. The van der Waals surface area contributed by atoms with Crippen molar-refractivity contribution in [2.24, 2.45) is 10.3 Å². The molecule has 30 heavy (non-hydrogen) atoms. The van der Waals surface area contributed by atoms with Gasteiger partial charge in [-0.15, -0.1) is 6.42 Å². The summed E-state index contributed by atoms with van der Waals surface area (Å²) in [5.41, 5.74) is 2.53. The quantitative estimate of drug-likeness (QED) is 0.562. The van der Waals surface area contributed by atoms with Gasteiger partial charge in [-0.3, -0.25) is 0 Å². The summed E-state index contributed by atoms with van der Waals surface area (Å²) < 4.78 is 7.53. The van der Waals surface area contributed by atoms with E-state index in [1.165, 1.54) is 0 Å². The number of piperidine rings is 1. The third-order valence-electron chi connectivity index (χ3n) is 5.51. The Balaban J connectivity index is 1.67. The van der Waals surface area contributed by atoms with Crippen molar-refractivity contribution in [2.45, 2.75) is 38.5 Å². The molecule has 1 aromatic heterocycles. The standard InChI is InChI=1S/C22H23N5O3/c1-5-22(16(3)24-28)27-10-6-7-18(21(27)25-30-22)11-17-8-9-19(20(12-17)29-4)26-13-15(2)23-14-26/h1,8-9,11-14,16H,6-7,10H2,2-4H3. The first kappa shape index (κ1) is 19.7. The second kappa shape index (κ2) is 7.67. The predicted molar refractivity (Wildman–Crippen MR) is 114 cm³/mol. The number of methoxy groups -OCH3 is 1. The van der Waals surface area contributed by atoms with E-state index >= 15 is 0 Å². The van der Waals surface area contributed by atoms with Crippen LogP contribution in [0.1, 0.15) is 31.0 Å². The first-order valence-corrected chi connectivity index (χ1v) is 9.76. The number of rotatable bonds is 5. The van der Waals surface area contributed by atoms with Gasteiger partial charge in [0.1, 0.15) is 5.75 Å². The minimum atomic E-state index is -1.27. The second-order valence-corrected chi connectivity index (χ2v) is 7.41. The van der Waals surface area contributed by atoms with Crippen LogP contribution < -0.4 is 4.74 Å². The molecular weight excluding hydrogens is 382 g/mol. The maximum atomic E-state index is 11.2. The summed E-state index contributed by atoms with van der Waals surface area (Å²) in [4.78, 5) is 22.9. The molecule has 2 unspecified atom stereocenters. The van der Waals surface area contributed by atoms with Gasteiger partial charge in [0.25, 0.3) is 5.72 Å². The highest BCUT2D eigenvalue weighted by molar-refractivity contribution is 6.03. The van der Waals surface area contributed by atoms with Crippen molar-refractivity contribution in [3.05, 3.63) is 52.5 Å². The Morgan fingerprint density at radius 1 is 1.47 bits per heavy atom. The molecule has 2 aliphatic rings. The van der Waals surface area contributed by atoms with E-state index < -0.39 is 11.8 Å². The fraction of sp³-hybridized carbons (Fsp3) is 0.364. The maximum absolute atomic E-state index is 11.2. The number of nitrogens with zero attached hydrogens (tertiary/aromatic N) is 5. The zero-order valence-corrected chi connectivity index (χ0v) is 17.2. The number of nitroso groups, excluding NO2 is 1. The lowest BCUT2D eigenvalue weighted by atomic mass is 9.96. The van der Waals surface area contributed by atoms with Crippen LogP contribution in [0.3, 0.4) is 0 Å². The molecule has 0 radical (unpaired) electrons. The van der Waals surface area contributed by atoms with E-state index in [0.717, 1.165) is 41.1 Å². The van der Waals surface area contributed by atoms with Gasteiger partial charge in [0, 0.05) is 12.7 Å². The molecule has 1 saturated heterocycles. The van der Waals surface area contributed by atoms with Crippen molar-refractivity contribution in [3.8, 4) is 23.8 Å². The Bertz CT molecular complexity index is 1080. The van der Waals surface area contributed by atoms with E-state index in [9.17, 15) is 4.91 Å². The minimum absolute atomic E-state index is 0.655. The van der Waals surface area contributed by atoms with Crippen LogP contribution in [0.25, 0.3) is 11.8 Å². The van der Waals surface area contributed by atoms with E-state index in [4.69, 9.17) is 16.0 Å². The van der Waals surface area contributed by atoms with Crippen molar-refractivity contribution >= 4 is 11.9 Å². The number of ether oxygens (including phenoxy) is 1. The highest BCUT2D eigenvalue weighted by atomic mass is 16.7. The summed E-state index contributed by atoms with van der Waals surface area (Å²) in [5, 5.41) is 7.33. The highest BCUT2D eigenvalue weighted by Gasteiger charge is 2.52.